The summed E-state index contributed by atoms with van der Waals surface area (Å²) in [5.74, 6) is 0.619. The van der Waals surface area contributed by atoms with Gasteiger partial charge in [-0.3, -0.25) is 0 Å². The zero-order valence-corrected chi connectivity index (χ0v) is 22.7. The molecule has 0 fully saturated rings. The Hall–Kier alpha value is -3.64. The highest BCUT2D eigenvalue weighted by Crippen LogP contribution is 2.48. The van der Waals surface area contributed by atoms with Crippen LogP contribution in [0.2, 0.25) is 0 Å². The van der Waals surface area contributed by atoms with Gasteiger partial charge >= 0.3 is 0 Å². The van der Waals surface area contributed by atoms with Gasteiger partial charge in [-0.2, -0.15) is 0 Å². The predicted molar refractivity (Wildman–Crippen MR) is 165 cm³/mol. The number of benzene rings is 5. The number of hydrogen-bond donors (Lipinski definition) is 0. The van der Waals surface area contributed by atoms with Gasteiger partial charge in [0.15, 0.2) is 0 Å². The van der Waals surface area contributed by atoms with Gasteiger partial charge in [-0.15, -0.1) is 0 Å². The fourth-order valence-corrected chi connectivity index (χ4v) is 7.32. The number of rotatable bonds is 3. The Morgan fingerprint density at radius 1 is 0.658 bits per heavy atom. The third-order valence-corrected chi connectivity index (χ3v) is 9.10. The Morgan fingerprint density at radius 2 is 1.42 bits per heavy atom. The third kappa shape index (κ3) is 3.81. The lowest BCUT2D eigenvalue weighted by Crippen LogP contribution is -2.08. The van der Waals surface area contributed by atoms with Crippen LogP contribution >= 0.6 is 0 Å². The van der Waals surface area contributed by atoms with Crippen molar-refractivity contribution in [3.05, 3.63) is 113 Å². The zero-order chi connectivity index (χ0) is 25.6. The molecule has 188 valence electrons. The van der Waals surface area contributed by atoms with Crippen molar-refractivity contribution in [2.24, 2.45) is 0 Å². The van der Waals surface area contributed by atoms with Crippen LogP contribution in [0.25, 0.3) is 49.9 Å². The van der Waals surface area contributed by atoms with E-state index in [0.29, 0.717) is 5.92 Å². The molecule has 0 amide bonds. The number of allylic oxidation sites excluding steroid dienone is 1. The summed E-state index contributed by atoms with van der Waals surface area (Å²) in [6.07, 6.45) is 13.1. The molecule has 1 atom stereocenters. The second-order valence-corrected chi connectivity index (χ2v) is 11.5. The van der Waals surface area contributed by atoms with Crippen molar-refractivity contribution in [3.8, 4) is 22.3 Å². The number of aryl methyl sites for hydroxylation is 2. The average molecular weight is 493 g/mol. The van der Waals surface area contributed by atoms with Gasteiger partial charge < -0.3 is 0 Å². The van der Waals surface area contributed by atoms with Crippen LogP contribution in [-0.2, 0) is 19.3 Å². The van der Waals surface area contributed by atoms with Gasteiger partial charge in [-0.25, -0.2) is 0 Å². The van der Waals surface area contributed by atoms with Crippen LogP contribution in [0.1, 0.15) is 73.3 Å². The van der Waals surface area contributed by atoms with Crippen LogP contribution in [0.3, 0.4) is 0 Å². The van der Waals surface area contributed by atoms with Crippen LogP contribution in [0.4, 0.5) is 0 Å². The summed E-state index contributed by atoms with van der Waals surface area (Å²) >= 11 is 0. The highest BCUT2D eigenvalue weighted by molar-refractivity contribution is 6.22. The molecule has 0 saturated carbocycles. The zero-order valence-electron chi connectivity index (χ0n) is 22.7. The fraction of sp³-hybridized carbons (Fsp3) is 0.263. The minimum absolute atomic E-state index is 0.619. The smallest absolute Gasteiger partial charge is 0.00234 e. The molecule has 0 radical (unpaired) electrons. The van der Waals surface area contributed by atoms with E-state index in [2.05, 4.69) is 105 Å². The topological polar surface area (TPSA) is 0 Å². The maximum atomic E-state index is 2.60. The lowest BCUT2D eigenvalue weighted by Gasteiger charge is -2.27. The summed E-state index contributed by atoms with van der Waals surface area (Å²) < 4.78 is 0. The van der Waals surface area contributed by atoms with Crippen molar-refractivity contribution < 1.29 is 0 Å². The summed E-state index contributed by atoms with van der Waals surface area (Å²) in [7, 11) is 0. The lowest BCUT2D eigenvalue weighted by molar-refractivity contribution is 0.591. The average Bonchev–Trinajstić information content (AvgIpc) is 2.95. The largest absolute Gasteiger partial charge is 0.0871 e. The van der Waals surface area contributed by atoms with Crippen molar-refractivity contribution in [2.45, 2.75) is 64.7 Å². The van der Waals surface area contributed by atoms with Gasteiger partial charge in [-0.1, -0.05) is 85.8 Å². The van der Waals surface area contributed by atoms with Crippen LogP contribution in [0.5, 0.6) is 0 Å². The molecule has 5 aromatic rings. The highest BCUT2D eigenvalue weighted by atomic mass is 14.3. The molecule has 0 N–H and O–H groups in total. The number of fused-ring (bicyclic) bond motifs is 4. The Bertz CT molecular complexity index is 1710. The van der Waals surface area contributed by atoms with E-state index in [0.717, 1.165) is 0 Å². The normalized spacial score (nSPS) is 17.2. The van der Waals surface area contributed by atoms with E-state index in [-0.39, 0.29) is 0 Å². The van der Waals surface area contributed by atoms with Gasteiger partial charge in [0, 0.05) is 0 Å². The Labute approximate surface area is 227 Å². The van der Waals surface area contributed by atoms with Crippen molar-refractivity contribution in [2.75, 3.05) is 0 Å². The van der Waals surface area contributed by atoms with E-state index in [4.69, 9.17) is 0 Å². The van der Waals surface area contributed by atoms with E-state index in [1.165, 1.54) is 94.3 Å². The Morgan fingerprint density at radius 3 is 2.29 bits per heavy atom. The molecule has 0 heteroatoms. The van der Waals surface area contributed by atoms with E-state index in [1.807, 2.05) is 0 Å². The van der Waals surface area contributed by atoms with E-state index in [1.54, 1.807) is 22.3 Å². The molecule has 2 aliphatic carbocycles. The third-order valence-electron chi connectivity index (χ3n) is 9.10. The molecule has 0 bridgehead atoms. The first-order valence-corrected chi connectivity index (χ1v) is 14.6. The van der Waals surface area contributed by atoms with Crippen LogP contribution in [-0.4, -0.2) is 0 Å². The summed E-state index contributed by atoms with van der Waals surface area (Å²) in [6, 6.07) is 30.5. The Balaban J connectivity index is 1.65. The molecule has 0 aliphatic heterocycles. The Kier molecular flexibility index (Phi) is 5.92. The SMILES string of the molecule is CC=Cc1cccc(-c2c3ccccc3c(-c3cccc4c3CCCC4)c3cc4c(cc23)CCCC4C)c1. The minimum atomic E-state index is 0.619. The molecule has 38 heavy (non-hydrogen) atoms. The second kappa shape index (κ2) is 9.59. The maximum absolute atomic E-state index is 2.60. The molecule has 1 unspecified atom stereocenters. The van der Waals surface area contributed by atoms with Crippen LogP contribution in [0.15, 0.2) is 84.9 Å². The summed E-state index contributed by atoms with van der Waals surface area (Å²) in [5, 5.41) is 5.60. The summed E-state index contributed by atoms with van der Waals surface area (Å²) in [6.45, 7) is 4.52. The van der Waals surface area contributed by atoms with Gasteiger partial charge in [0.25, 0.3) is 0 Å². The molecule has 0 nitrogen and oxygen atoms in total. The van der Waals surface area contributed by atoms with Gasteiger partial charge in [0.2, 0.25) is 0 Å². The molecule has 5 aromatic carbocycles. The lowest BCUT2D eigenvalue weighted by atomic mass is 9.77. The van der Waals surface area contributed by atoms with Gasteiger partial charge in [0.05, 0.1) is 0 Å². The van der Waals surface area contributed by atoms with E-state index in [9.17, 15) is 0 Å². The quantitative estimate of drug-likeness (QED) is 0.220. The van der Waals surface area contributed by atoms with Crippen LogP contribution < -0.4 is 0 Å². The molecule has 0 heterocycles. The molecule has 0 saturated heterocycles. The maximum Gasteiger partial charge on any atom is -0.00234 e. The van der Waals surface area contributed by atoms with Gasteiger partial charge in [0.1, 0.15) is 0 Å². The number of hydrogen-bond acceptors (Lipinski definition) is 0. The molecule has 2 aliphatic rings. The molecule has 7 rings (SSSR count). The first kappa shape index (κ1) is 23.5. The molecular formula is C38H36. The molecule has 0 spiro atoms. The predicted octanol–water partition coefficient (Wildman–Crippen LogP) is 10.7. The standard InChI is InChI=1S/C38H36/c1-3-11-26-13-9-17-29(22-26)37-32-19-6-7-20-33(32)38(31-21-10-15-27-14-4-5-18-30(27)31)36-24-34-25(2)12-8-16-28(34)23-35(36)37/h3,6-7,9-11,13,15,17,19-25H,4-5,8,12,14,16,18H2,1-2H3. The molecule has 0 aromatic heterocycles. The minimum Gasteiger partial charge on any atom is -0.0871 e. The van der Waals surface area contributed by atoms with Crippen molar-refractivity contribution >= 4 is 27.6 Å². The second-order valence-electron chi connectivity index (χ2n) is 11.5. The van der Waals surface area contributed by atoms with E-state index >= 15 is 0 Å². The van der Waals surface area contributed by atoms with Crippen molar-refractivity contribution in [1.82, 2.24) is 0 Å². The van der Waals surface area contributed by atoms with Crippen LogP contribution in [0, 0.1) is 0 Å². The summed E-state index contributed by atoms with van der Waals surface area (Å²) in [4.78, 5) is 0. The van der Waals surface area contributed by atoms with Gasteiger partial charge in [-0.05, 0) is 142 Å². The summed E-state index contributed by atoms with van der Waals surface area (Å²) in [5.41, 5.74) is 13.1. The van der Waals surface area contributed by atoms with Crippen molar-refractivity contribution in [1.29, 1.82) is 0 Å². The first-order valence-electron chi connectivity index (χ1n) is 14.6. The van der Waals surface area contributed by atoms with E-state index < -0.39 is 0 Å². The monoisotopic (exact) mass is 492 g/mol. The van der Waals surface area contributed by atoms with Crippen molar-refractivity contribution in [3.63, 3.8) is 0 Å². The molecular weight excluding hydrogens is 456 g/mol. The first-order chi connectivity index (χ1) is 18.7. The fourth-order valence-electron chi connectivity index (χ4n) is 7.32. The highest BCUT2D eigenvalue weighted by Gasteiger charge is 2.24.